The van der Waals surface area contributed by atoms with E-state index in [4.69, 9.17) is 9.47 Å². The first kappa shape index (κ1) is 9.45. The molecule has 5 heteroatoms. The van der Waals surface area contributed by atoms with Crippen LogP contribution in [-0.4, -0.2) is 33.4 Å². The minimum Gasteiger partial charge on any atom is -0.346 e. The van der Waals surface area contributed by atoms with Gasteiger partial charge in [0.2, 0.25) is 0 Å². The van der Waals surface area contributed by atoms with Crippen LogP contribution in [0.15, 0.2) is 0 Å². The topological polar surface area (TPSA) is 35.5 Å². The number of ether oxygens (including phenoxy) is 2. The van der Waals surface area contributed by atoms with E-state index < -0.39 is 5.79 Å². The van der Waals surface area contributed by atoms with Crippen LogP contribution in [0.5, 0.6) is 0 Å². The summed E-state index contributed by atoms with van der Waals surface area (Å²) in [7, 11) is 0. The lowest BCUT2D eigenvalue weighted by atomic mass is 9.40. The van der Waals surface area contributed by atoms with Gasteiger partial charge in [-0.05, 0) is 23.7 Å². The molecule has 4 bridgehead atoms. The number of hydrogen-bond acceptors (Lipinski definition) is 3. The predicted molar refractivity (Wildman–Crippen MR) is 63.9 cm³/mol. The van der Waals surface area contributed by atoms with Gasteiger partial charge in [0.15, 0.2) is 11.6 Å². The van der Waals surface area contributed by atoms with Gasteiger partial charge in [0.25, 0.3) is 0 Å². The Kier molecular flexibility index (Phi) is 1.17. The Morgan fingerprint density at radius 3 is 2.24 bits per heavy atom. The zero-order chi connectivity index (χ0) is 11.4. The molecule has 6 aliphatic carbocycles. The first-order chi connectivity index (χ1) is 8.10. The van der Waals surface area contributed by atoms with Crippen LogP contribution in [0.25, 0.3) is 0 Å². The summed E-state index contributed by atoms with van der Waals surface area (Å²) in [4.78, 5) is 12.5. The van der Waals surface area contributed by atoms with Crippen LogP contribution >= 0.6 is 31.9 Å². The van der Waals surface area contributed by atoms with E-state index in [1.165, 1.54) is 0 Å². The fraction of sp³-hybridized carbons (Fsp3) is 0.917. The molecule has 90 valence electrons. The predicted octanol–water partition coefficient (Wildman–Crippen LogP) is 1.33. The van der Waals surface area contributed by atoms with Gasteiger partial charge in [0, 0.05) is 11.8 Å². The third-order valence-electron chi connectivity index (χ3n) is 6.63. The van der Waals surface area contributed by atoms with E-state index in [0.717, 1.165) is 0 Å². The summed E-state index contributed by atoms with van der Waals surface area (Å²) >= 11 is 7.73. The zero-order valence-electron chi connectivity index (χ0n) is 8.86. The molecule has 6 saturated carbocycles. The fourth-order valence-electron chi connectivity index (χ4n) is 6.58. The lowest BCUT2D eigenvalue weighted by Crippen LogP contribution is -2.75. The van der Waals surface area contributed by atoms with E-state index in [9.17, 15) is 4.79 Å². The molecule has 7 aliphatic rings. The van der Waals surface area contributed by atoms with Crippen molar-refractivity contribution in [1.82, 2.24) is 0 Å². The molecule has 0 aromatic carbocycles. The lowest BCUT2D eigenvalue weighted by molar-refractivity contribution is -0.199. The molecule has 7 rings (SSSR count). The molecule has 1 aliphatic heterocycles. The molecule has 7 fully saturated rings. The highest BCUT2D eigenvalue weighted by Gasteiger charge is 3.04. The summed E-state index contributed by atoms with van der Waals surface area (Å²) in [6, 6.07) is 0. The Balaban J connectivity index is 1.69. The van der Waals surface area contributed by atoms with Crippen LogP contribution in [0.3, 0.4) is 0 Å². The molecule has 0 unspecified atom stereocenters. The lowest BCUT2D eigenvalue weighted by Gasteiger charge is -2.69. The van der Waals surface area contributed by atoms with Crippen LogP contribution in [-0.2, 0) is 14.3 Å². The highest BCUT2D eigenvalue weighted by Crippen LogP contribution is 2.96. The van der Waals surface area contributed by atoms with E-state index in [1.54, 1.807) is 0 Å². The Bertz CT molecular complexity index is 516. The summed E-state index contributed by atoms with van der Waals surface area (Å²) in [6.45, 7) is 1.35. The van der Waals surface area contributed by atoms with E-state index in [0.29, 0.717) is 48.6 Å². The van der Waals surface area contributed by atoms with Gasteiger partial charge in [-0.15, -0.1) is 0 Å². The maximum atomic E-state index is 12.5. The number of carbonyl (C=O) groups is 1. The minimum atomic E-state index is -0.476. The minimum absolute atomic E-state index is 0.0510. The molecule has 17 heavy (non-hydrogen) atoms. The highest BCUT2D eigenvalue weighted by atomic mass is 79.9. The summed E-state index contributed by atoms with van der Waals surface area (Å²) in [5.74, 6) is 2.50. The first-order valence-corrected chi connectivity index (χ1v) is 7.89. The average Bonchev–Trinajstić information content (AvgIpc) is 2.96. The van der Waals surface area contributed by atoms with Crippen molar-refractivity contribution in [2.75, 3.05) is 13.2 Å². The Labute approximate surface area is 115 Å². The molecule has 0 N–H and O–H groups in total. The van der Waals surface area contributed by atoms with Crippen LogP contribution < -0.4 is 0 Å². The molecule has 8 atom stereocenters. The van der Waals surface area contributed by atoms with Crippen molar-refractivity contribution >= 4 is 37.6 Å². The molecular weight excluding hydrogens is 352 g/mol. The number of alkyl halides is 2. The second kappa shape index (κ2) is 2.11. The van der Waals surface area contributed by atoms with Crippen molar-refractivity contribution in [3.8, 4) is 0 Å². The number of Topliss-reactive ketones (excluding diaryl/α,β-unsaturated/α-hetero) is 1. The van der Waals surface area contributed by atoms with Gasteiger partial charge in [-0.2, -0.15) is 0 Å². The van der Waals surface area contributed by atoms with Crippen LogP contribution in [0.2, 0.25) is 0 Å². The number of rotatable bonds is 0. The second-order valence-corrected chi connectivity index (χ2v) is 9.04. The van der Waals surface area contributed by atoms with Gasteiger partial charge in [-0.3, -0.25) is 4.79 Å². The summed E-state index contributed by atoms with van der Waals surface area (Å²) in [5, 5.41) is 0. The SMILES string of the molecule is O=C1[C@H]2[C@H]3[C@@H]4[C@@H]5[C@H]([C@H]2[C@@]5(Br)C32OCCO2)[C@@]14Br. The quantitative estimate of drug-likeness (QED) is 0.611. The van der Waals surface area contributed by atoms with Crippen molar-refractivity contribution in [2.24, 2.45) is 35.5 Å². The second-order valence-electron chi connectivity index (χ2n) is 6.42. The Morgan fingerprint density at radius 1 is 1.00 bits per heavy atom. The van der Waals surface area contributed by atoms with E-state index in [-0.39, 0.29) is 14.6 Å². The average molecular weight is 362 g/mol. The van der Waals surface area contributed by atoms with Gasteiger partial charge >= 0.3 is 0 Å². The molecule has 0 amide bonds. The monoisotopic (exact) mass is 360 g/mol. The molecule has 1 spiro atoms. The smallest absolute Gasteiger partial charge is 0.188 e. The van der Waals surface area contributed by atoms with Crippen LogP contribution in [0.4, 0.5) is 0 Å². The highest BCUT2D eigenvalue weighted by molar-refractivity contribution is 9.10. The van der Waals surface area contributed by atoms with Crippen LogP contribution in [0.1, 0.15) is 0 Å². The van der Waals surface area contributed by atoms with Gasteiger partial charge in [0.05, 0.1) is 21.9 Å². The van der Waals surface area contributed by atoms with Crippen molar-refractivity contribution in [2.45, 2.75) is 14.4 Å². The fourth-order valence-corrected chi connectivity index (χ4v) is 9.62. The first-order valence-electron chi connectivity index (χ1n) is 6.30. The van der Waals surface area contributed by atoms with Crippen LogP contribution in [0, 0.1) is 35.5 Å². The largest absolute Gasteiger partial charge is 0.346 e. The van der Waals surface area contributed by atoms with Crippen molar-refractivity contribution in [3.05, 3.63) is 0 Å². The molecule has 0 radical (unpaired) electrons. The zero-order valence-corrected chi connectivity index (χ0v) is 12.0. The number of carbonyl (C=O) groups excluding carboxylic acids is 1. The van der Waals surface area contributed by atoms with Crippen molar-refractivity contribution in [1.29, 1.82) is 0 Å². The maximum Gasteiger partial charge on any atom is 0.188 e. The van der Waals surface area contributed by atoms with Gasteiger partial charge < -0.3 is 9.47 Å². The van der Waals surface area contributed by atoms with E-state index >= 15 is 0 Å². The molecule has 1 saturated heterocycles. The van der Waals surface area contributed by atoms with Crippen molar-refractivity contribution in [3.63, 3.8) is 0 Å². The molecule has 0 aromatic heterocycles. The Hall–Kier alpha value is 0.550. The molecular formula is C12H10Br2O3. The standard InChI is InChI=1S/C12H10Br2O3/c13-10-6-4-3(9(10)15)5-7(10)8(6)11(4,14)12(5)16-1-2-17-12/h3-8H,1-2H2/t3-,4+,5+,6+,7-,8+,10+,11+/m1/s1. The third kappa shape index (κ3) is 0.514. The molecule has 0 aromatic rings. The number of hydrogen-bond donors (Lipinski definition) is 0. The number of halogens is 2. The third-order valence-corrected chi connectivity index (χ3v) is 9.69. The molecule has 1 heterocycles. The van der Waals surface area contributed by atoms with Crippen molar-refractivity contribution < 1.29 is 14.3 Å². The van der Waals surface area contributed by atoms with Gasteiger partial charge in [-0.1, -0.05) is 31.9 Å². The van der Waals surface area contributed by atoms with Gasteiger partial charge in [0.1, 0.15) is 0 Å². The van der Waals surface area contributed by atoms with Gasteiger partial charge in [-0.25, -0.2) is 0 Å². The Morgan fingerprint density at radius 2 is 1.65 bits per heavy atom. The maximum absolute atomic E-state index is 12.5. The summed E-state index contributed by atoms with van der Waals surface area (Å²) in [6.07, 6.45) is 0. The molecule has 3 nitrogen and oxygen atoms in total. The van der Waals surface area contributed by atoms with E-state index in [1.807, 2.05) is 0 Å². The normalized spacial score (nSPS) is 74.6. The number of ketones is 1. The summed E-state index contributed by atoms with van der Waals surface area (Å²) in [5.41, 5.74) is 0. The van der Waals surface area contributed by atoms with E-state index in [2.05, 4.69) is 31.9 Å². The summed E-state index contributed by atoms with van der Waals surface area (Å²) < 4.78 is 11.8.